The number of rotatable bonds is 0. The first-order valence-corrected chi connectivity index (χ1v) is 8.27. The quantitative estimate of drug-likeness (QED) is 0.480. The molecular weight excluding hydrogens is 330 g/mol. The molecule has 3 heteroatoms. The third-order valence-corrected chi connectivity index (χ3v) is 7.80. The monoisotopic (exact) mass is 344 g/mol. The van der Waals surface area contributed by atoms with E-state index in [2.05, 4.69) is 26.0 Å². The largest absolute Gasteiger partial charge is 1.00 e. The fourth-order valence-corrected chi connectivity index (χ4v) is 7.08. The molecule has 0 N–H and O–H groups in total. The molecule has 1 aliphatic heterocycles. The molecule has 2 aliphatic carbocycles. The zero-order valence-corrected chi connectivity index (χ0v) is 14.2. The normalized spacial score (nSPS) is 21.1. The molecule has 3 rings (SSSR count). The van der Waals surface area contributed by atoms with Crippen molar-refractivity contribution >= 4 is 0 Å². The number of allylic oxidation sites excluding steroid dienone is 8. The second-order valence-corrected chi connectivity index (χ2v) is 8.30. The summed E-state index contributed by atoms with van der Waals surface area (Å²) in [5.74, 6) is 0. The molecule has 3 aliphatic rings. The molecule has 0 saturated carbocycles. The van der Waals surface area contributed by atoms with Crippen LogP contribution in [0.3, 0.4) is 0 Å². The molecule has 0 atom stereocenters. The van der Waals surface area contributed by atoms with Crippen molar-refractivity contribution < 1.29 is 48.0 Å². The molecule has 0 aromatic carbocycles. The van der Waals surface area contributed by atoms with E-state index in [4.69, 9.17) is 0 Å². The van der Waals surface area contributed by atoms with Gasteiger partial charge >= 0.3 is 104 Å². The van der Waals surface area contributed by atoms with Crippen LogP contribution >= 0.6 is 0 Å². The average molecular weight is 346 g/mol. The van der Waals surface area contributed by atoms with E-state index >= 15 is 0 Å². The molecule has 0 spiro atoms. The Hall–Kier alpha value is 0.423. The van der Waals surface area contributed by atoms with Crippen LogP contribution < -0.4 is 24.8 Å². The summed E-state index contributed by atoms with van der Waals surface area (Å²) in [7, 11) is 0. The summed E-state index contributed by atoms with van der Waals surface area (Å²) in [4.78, 5) is 0. The first-order chi connectivity index (χ1) is 7.25. The van der Waals surface area contributed by atoms with Crippen molar-refractivity contribution in [1.29, 1.82) is 0 Å². The predicted molar refractivity (Wildman–Crippen MR) is 60.0 cm³/mol. The van der Waals surface area contributed by atoms with E-state index in [1.54, 1.807) is 22.3 Å². The van der Waals surface area contributed by atoms with Crippen molar-refractivity contribution in [2.75, 3.05) is 0 Å². The summed E-state index contributed by atoms with van der Waals surface area (Å²) in [6.07, 6.45) is 10.1. The predicted octanol–water partition coefficient (Wildman–Crippen LogP) is -1.92. The van der Waals surface area contributed by atoms with Crippen molar-refractivity contribution in [3.8, 4) is 0 Å². The maximum atomic E-state index is 2.45. The second kappa shape index (κ2) is 6.04. The minimum atomic E-state index is -0.375. The average Bonchev–Trinajstić information content (AvgIpc) is 2.67. The Morgan fingerprint density at radius 1 is 0.824 bits per heavy atom. The summed E-state index contributed by atoms with van der Waals surface area (Å²) < 4.78 is 3.76. The molecule has 0 bridgehead atoms. The van der Waals surface area contributed by atoms with E-state index in [1.165, 1.54) is 25.7 Å². The van der Waals surface area contributed by atoms with Crippen molar-refractivity contribution in [3.05, 3.63) is 41.0 Å². The Morgan fingerprint density at radius 2 is 1.24 bits per heavy atom. The molecule has 90 valence electrons. The Bertz CT molecular complexity index is 411. The number of hydrogen-bond acceptors (Lipinski definition) is 0. The van der Waals surface area contributed by atoms with E-state index in [1.807, 2.05) is 6.56 Å². The SMILES string of the molecule is CC1=CC[C]2=C1CCC1=[C](CC=C1C)[Zr+2]2.[Cl-].[Cl-]. The molecule has 0 aromatic rings. The zero-order valence-electron chi connectivity index (χ0n) is 10.2. The Labute approximate surface area is 128 Å². The van der Waals surface area contributed by atoms with Crippen LogP contribution in [-0.2, 0) is 23.2 Å². The standard InChI is InChI=1S/C14H16.2ClH.Zr/c1-11-5-3-7-13(11)9-10-14-8-4-6-12(14)2;;;/h5-6H,3-4,9-10H2,1-2H3;2*1H;/q;;;+2/p-2. The fourth-order valence-electron chi connectivity index (χ4n) is 2.86. The van der Waals surface area contributed by atoms with Crippen LogP contribution in [0.1, 0.15) is 39.5 Å². The van der Waals surface area contributed by atoms with Gasteiger partial charge in [-0.1, -0.05) is 0 Å². The second-order valence-electron chi connectivity index (χ2n) is 4.72. The Balaban J connectivity index is 0.000000722. The van der Waals surface area contributed by atoms with Gasteiger partial charge in [-0.05, 0) is 0 Å². The molecule has 0 unspecified atom stereocenters. The van der Waals surface area contributed by atoms with Crippen LogP contribution in [0.25, 0.3) is 0 Å². The Kier molecular flexibility index (Phi) is 5.50. The molecule has 17 heavy (non-hydrogen) atoms. The van der Waals surface area contributed by atoms with Gasteiger partial charge < -0.3 is 24.8 Å². The van der Waals surface area contributed by atoms with Crippen molar-refractivity contribution in [2.45, 2.75) is 39.5 Å². The first-order valence-electron chi connectivity index (χ1n) is 5.81. The van der Waals surface area contributed by atoms with E-state index in [-0.39, 0.29) is 48.0 Å². The van der Waals surface area contributed by atoms with Gasteiger partial charge in [-0.3, -0.25) is 0 Å². The number of hydrogen-bond donors (Lipinski definition) is 0. The van der Waals surface area contributed by atoms with E-state index < -0.39 is 0 Å². The molecule has 0 radical (unpaired) electrons. The molecule has 0 nitrogen and oxygen atoms in total. The minimum Gasteiger partial charge on any atom is -1.00 e. The van der Waals surface area contributed by atoms with Gasteiger partial charge in [0.25, 0.3) is 0 Å². The first kappa shape index (κ1) is 15.5. The summed E-state index contributed by atoms with van der Waals surface area (Å²) in [5, 5.41) is 0. The topological polar surface area (TPSA) is 0 Å². The molecule has 1 heterocycles. The van der Waals surface area contributed by atoms with E-state index in [9.17, 15) is 0 Å². The van der Waals surface area contributed by atoms with Crippen LogP contribution in [0.4, 0.5) is 0 Å². The van der Waals surface area contributed by atoms with Gasteiger partial charge in [-0.15, -0.1) is 0 Å². The van der Waals surface area contributed by atoms with Crippen LogP contribution in [0.2, 0.25) is 0 Å². The van der Waals surface area contributed by atoms with E-state index in [0.717, 1.165) is 0 Å². The third-order valence-electron chi connectivity index (χ3n) is 3.83. The van der Waals surface area contributed by atoms with E-state index in [0.29, 0.717) is 0 Å². The molecule has 0 fully saturated rings. The Morgan fingerprint density at radius 3 is 1.65 bits per heavy atom. The van der Waals surface area contributed by atoms with Gasteiger partial charge in [-0.2, -0.15) is 0 Å². The van der Waals surface area contributed by atoms with Crippen molar-refractivity contribution in [2.24, 2.45) is 0 Å². The molecule has 0 amide bonds. The molecular formula is C14H16Cl2Zr. The number of halogens is 2. The maximum absolute atomic E-state index is 2.45. The molecule has 0 saturated heterocycles. The third kappa shape index (κ3) is 2.72. The van der Waals surface area contributed by atoms with Gasteiger partial charge in [-0.25, -0.2) is 0 Å². The van der Waals surface area contributed by atoms with Crippen molar-refractivity contribution in [3.63, 3.8) is 0 Å². The van der Waals surface area contributed by atoms with Crippen LogP contribution in [0.5, 0.6) is 0 Å². The summed E-state index contributed by atoms with van der Waals surface area (Å²) in [6.45, 7) is 4.61. The van der Waals surface area contributed by atoms with Crippen LogP contribution in [-0.4, -0.2) is 0 Å². The van der Waals surface area contributed by atoms with Gasteiger partial charge in [0, 0.05) is 0 Å². The fraction of sp³-hybridized carbons (Fsp3) is 0.429. The van der Waals surface area contributed by atoms with Gasteiger partial charge in [0.15, 0.2) is 0 Å². The van der Waals surface area contributed by atoms with Gasteiger partial charge in [0.1, 0.15) is 0 Å². The summed E-state index contributed by atoms with van der Waals surface area (Å²) >= 11 is -0.375. The smallest absolute Gasteiger partial charge is 1.00 e. The van der Waals surface area contributed by atoms with Gasteiger partial charge in [0.2, 0.25) is 0 Å². The summed E-state index contributed by atoms with van der Waals surface area (Å²) in [6, 6.07) is 0. The van der Waals surface area contributed by atoms with Crippen LogP contribution in [0, 0.1) is 0 Å². The minimum absolute atomic E-state index is 0. The molecule has 0 aromatic heterocycles. The summed E-state index contributed by atoms with van der Waals surface area (Å²) in [5.41, 5.74) is 6.69. The zero-order chi connectivity index (χ0) is 10.4. The maximum Gasteiger partial charge on any atom is -1.00 e. The van der Waals surface area contributed by atoms with Gasteiger partial charge in [0.05, 0.1) is 0 Å². The van der Waals surface area contributed by atoms with Crippen LogP contribution in [0.15, 0.2) is 41.0 Å². The van der Waals surface area contributed by atoms with Crippen molar-refractivity contribution in [1.82, 2.24) is 0 Å².